The van der Waals surface area contributed by atoms with Gasteiger partial charge in [0.25, 0.3) is 0 Å². The Hall–Kier alpha value is -1.17. The molecule has 1 aliphatic heterocycles. The molecule has 1 saturated heterocycles. The lowest BCUT2D eigenvalue weighted by Crippen LogP contribution is -2.26. The van der Waals surface area contributed by atoms with Crippen molar-refractivity contribution in [3.8, 4) is 0 Å². The molecule has 2 aromatic heterocycles. The van der Waals surface area contributed by atoms with Crippen LogP contribution in [-0.2, 0) is 11.5 Å². The van der Waals surface area contributed by atoms with Crippen LogP contribution in [0.15, 0.2) is 24.5 Å². The summed E-state index contributed by atoms with van der Waals surface area (Å²) in [5, 5.41) is 4.75. The Bertz CT molecular complexity index is 641. The van der Waals surface area contributed by atoms with E-state index in [2.05, 4.69) is 46.8 Å². The number of aromatic nitrogens is 2. The average molecular weight is 332 g/mol. The number of fused-ring (bicyclic) bond motifs is 1. The number of piperidine rings is 1. The van der Waals surface area contributed by atoms with Gasteiger partial charge in [-0.2, -0.15) is 0 Å². The van der Waals surface area contributed by atoms with Crippen molar-refractivity contribution in [2.75, 3.05) is 19.7 Å². The van der Waals surface area contributed by atoms with Gasteiger partial charge in [-0.1, -0.05) is 19.6 Å². The maximum atomic E-state index is 5.95. The molecule has 126 valence electrons. The fourth-order valence-electron chi connectivity index (χ4n) is 3.25. The molecule has 3 heterocycles. The van der Waals surface area contributed by atoms with Crippen LogP contribution in [0.4, 0.5) is 0 Å². The smallest absolute Gasteiger partial charge is 0.142 e. The molecule has 4 nitrogen and oxygen atoms in total. The summed E-state index contributed by atoms with van der Waals surface area (Å²) in [6, 6.07) is 5.46. The van der Waals surface area contributed by atoms with Gasteiger partial charge in [-0.25, -0.2) is 4.98 Å². The van der Waals surface area contributed by atoms with Crippen molar-refractivity contribution in [3.05, 3.63) is 30.1 Å². The summed E-state index contributed by atoms with van der Waals surface area (Å²) >= 11 is 0. The molecule has 1 fully saturated rings. The molecule has 5 heteroatoms. The van der Waals surface area contributed by atoms with Crippen LogP contribution in [-0.4, -0.2) is 37.3 Å². The molecule has 0 radical (unpaired) electrons. The number of pyridine rings is 1. The van der Waals surface area contributed by atoms with Gasteiger partial charge in [-0.15, -0.1) is 0 Å². The molecule has 0 spiro atoms. The summed E-state index contributed by atoms with van der Waals surface area (Å²) in [5.41, 5.74) is 2.51. The Balaban J connectivity index is 1.75. The molecule has 0 saturated carbocycles. The molecule has 1 aliphatic rings. The second kappa shape index (κ2) is 7.15. The highest BCUT2D eigenvalue weighted by molar-refractivity contribution is 6.76. The molecule has 1 N–H and O–H groups in total. The van der Waals surface area contributed by atoms with E-state index in [1.807, 2.05) is 12.3 Å². The maximum absolute atomic E-state index is 5.95. The second-order valence-electron chi connectivity index (χ2n) is 7.80. The van der Waals surface area contributed by atoms with Gasteiger partial charge in [-0.3, -0.25) is 0 Å². The van der Waals surface area contributed by atoms with Crippen LogP contribution in [0.5, 0.6) is 0 Å². The van der Waals surface area contributed by atoms with E-state index in [-0.39, 0.29) is 0 Å². The molecule has 0 aliphatic carbocycles. The number of nitrogens with one attached hydrogen (secondary N) is 1. The van der Waals surface area contributed by atoms with E-state index >= 15 is 0 Å². The normalized spacial score (nSPS) is 17.0. The Labute approximate surface area is 140 Å². The van der Waals surface area contributed by atoms with Crippen molar-refractivity contribution in [3.63, 3.8) is 0 Å². The monoisotopic (exact) mass is 331 g/mol. The first-order chi connectivity index (χ1) is 11.0. The fourth-order valence-corrected chi connectivity index (χ4v) is 4.00. The van der Waals surface area contributed by atoms with Crippen molar-refractivity contribution in [1.82, 2.24) is 14.9 Å². The summed E-state index contributed by atoms with van der Waals surface area (Å²) in [6.07, 6.45) is 6.59. The number of nitrogens with zero attached hydrogens (tertiary/aromatic N) is 2. The minimum Gasteiger partial charge on any atom is -0.361 e. The summed E-state index contributed by atoms with van der Waals surface area (Å²) in [7, 11) is -1.03. The van der Waals surface area contributed by atoms with E-state index < -0.39 is 8.07 Å². The highest BCUT2D eigenvalue weighted by atomic mass is 28.3. The van der Waals surface area contributed by atoms with Crippen LogP contribution in [0.1, 0.15) is 24.3 Å². The van der Waals surface area contributed by atoms with Crippen LogP contribution >= 0.6 is 0 Å². The summed E-state index contributed by atoms with van der Waals surface area (Å²) in [6.45, 7) is 10.9. The van der Waals surface area contributed by atoms with E-state index in [0.29, 0.717) is 12.6 Å². The lowest BCUT2D eigenvalue weighted by Gasteiger charge is -2.22. The van der Waals surface area contributed by atoms with Crippen LogP contribution < -0.4 is 5.32 Å². The number of hydrogen-bond donors (Lipinski definition) is 1. The van der Waals surface area contributed by atoms with Crippen LogP contribution in [0, 0.1) is 0 Å². The zero-order valence-electron chi connectivity index (χ0n) is 14.6. The van der Waals surface area contributed by atoms with Gasteiger partial charge in [-0.05, 0) is 55.6 Å². The third kappa shape index (κ3) is 4.22. The van der Waals surface area contributed by atoms with Crippen LogP contribution in [0.2, 0.25) is 25.7 Å². The Kier molecular flexibility index (Phi) is 5.19. The first-order valence-corrected chi connectivity index (χ1v) is 12.5. The van der Waals surface area contributed by atoms with Crippen molar-refractivity contribution >= 4 is 19.1 Å². The summed E-state index contributed by atoms with van der Waals surface area (Å²) in [5.74, 6) is 0.645. The van der Waals surface area contributed by atoms with Gasteiger partial charge in [0.1, 0.15) is 12.4 Å². The molecule has 0 bridgehead atoms. The first kappa shape index (κ1) is 16.7. The molecular weight excluding hydrogens is 302 g/mol. The fraction of sp³-hybridized carbons (Fsp3) is 0.611. The van der Waals surface area contributed by atoms with Gasteiger partial charge in [0, 0.05) is 32.5 Å². The lowest BCUT2D eigenvalue weighted by atomic mass is 9.90. The van der Waals surface area contributed by atoms with E-state index in [4.69, 9.17) is 4.74 Å². The largest absolute Gasteiger partial charge is 0.361 e. The van der Waals surface area contributed by atoms with Crippen molar-refractivity contribution < 1.29 is 4.74 Å². The van der Waals surface area contributed by atoms with Gasteiger partial charge < -0.3 is 14.6 Å². The molecule has 0 atom stereocenters. The molecule has 0 aromatic carbocycles. The second-order valence-corrected chi connectivity index (χ2v) is 13.4. The SMILES string of the molecule is C[Si](C)(C)CCOCn1cc(C2CCNCC2)c2cccnc21. The quantitative estimate of drug-likeness (QED) is 0.646. The van der Waals surface area contributed by atoms with E-state index in [9.17, 15) is 0 Å². The Morgan fingerprint density at radius 2 is 2.09 bits per heavy atom. The highest BCUT2D eigenvalue weighted by Gasteiger charge is 2.20. The number of rotatable bonds is 6. The zero-order valence-corrected chi connectivity index (χ0v) is 15.6. The summed E-state index contributed by atoms with van der Waals surface area (Å²) < 4.78 is 8.14. The Morgan fingerprint density at radius 1 is 1.30 bits per heavy atom. The molecule has 0 amide bonds. The van der Waals surface area contributed by atoms with E-state index in [1.165, 1.54) is 29.8 Å². The molecule has 2 aromatic rings. The predicted octanol–water partition coefficient (Wildman–Crippen LogP) is 3.82. The van der Waals surface area contributed by atoms with Gasteiger partial charge in [0.2, 0.25) is 0 Å². The van der Waals surface area contributed by atoms with Gasteiger partial charge in [0.15, 0.2) is 0 Å². The van der Waals surface area contributed by atoms with E-state index in [0.717, 1.165) is 25.3 Å². The standard InChI is InChI=1S/C18H29N3OSi/c1-23(2,3)12-11-22-14-21-13-17(15-6-9-19-10-7-15)16-5-4-8-20-18(16)21/h4-5,8,13,15,19H,6-7,9-12,14H2,1-3H3. The third-order valence-corrected chi connectivity index (χ3v) is 6.37. The van der Waals surface area contributed by atoms with Crippen molar-refractivity contribution in [2.24, 2.45) is 0 Å². The molecular formula is C18H29N3OSi. The third-order valence-electron chi connectivity index (χ3n) is 4.67. The Morgan fingerprint density at radius 3 is 2.83 bits per heavy atom. The van der Waals surface area contributed by atoms with Crippen molar-refractivity contribution in [1.29, 1.82) is 0 Å². The summed E-state index contributed by atoms with van der Waals surface area (Å²) in [4.78, 5) is 4.60. The van der Waals surface area contributed by atoms with Gasteiger partial charge in [0.05, 0.1) is 0 Å². The highest BCUT2D eigenvalue weighted by Crippen LogP contribution is 2.32. The molecule has 3 rings (SSSR count). The minimum absolute atomic E-state index is 0.614. The predicted molar refractivity (Wildman–Crippen MR) is 98.7 cm³/mol. The van der Waals surface area contributed by atoms with E-state index in [1.54, 1.807) is 0 Å². The number of ether oxygens (including phenoxy) is 1. The minimum atomic E-state index is -1.03. The zero-order chi connectivity index (χ0) is 16.3. The molecule has 0 unspecified atom stereocenters. The topological polar surface area (TPSA) is 39.1 Å². The van der Waals surface area contributed by atoms with Crippen molar-refractivity contribution in [2.45, 2.75) is 51.2 Å². The van der Waals surface area contributed by atoms with Gasteiger partial charge >= 0.3 is 0 Å². The number of hydrogen-bond acceptors (Lipinski definition) is 3. The maximum Gasteiger partial charge on any atom is 0.142 e. The lowest BCUT2D eigenvalue weighted by molar-refractivity contribution is 0.0897. The molecule has 23 heavy (non-hydrogen) atoms. The first-order valence-electron chi connectivity index (χ1n) is 8.77. The van der Waals surface area contributed by atoms with Crippen LogP contribution in [0.25, 0.3) is 11.0 Å². The average Bonchev–Trinajstić information content (AvgIpc) is 2.91. The van der Waals surface area contributed by atoms with Crippen LogP contribution in [0.3, 0.4) is 0 Å².